The van der Waals surface area contributed by atoms with Crippen LogP contribution in [0.4, 0.5) is 0 Å². The van der Waals surface area contributed by atoms with E-state index in [1.54, 1.807) is 6.92 Å². The van der Waals surface area contributed by atoms with Crippen LogP contribution in [0.25, 0.3) is 0 Å². The van der Waals surface area contributed by atoms with Crippen LogP contribution in [0.1, 0.15) is 31.6 Å². The van der Waals surface area contributed by atoms with Gasteiger partial charge in [0.1, 0.15) is 10.7 Å². The zero-order valence-corrected chi connectivity index (χ0v) is 11.1. The Hall–Kier alpha value is -0.940. The highest BCUT2D eigenvalue weighted by molar-refractivity contribution is 9.10. The third-order valence-corrected chi connectivity index (χ3v) is 3.36. The topological polar surface area (TPSA) is 62.7 Å². The van der Waals surface area contributed by atoms with E-state index in [-0.39, 0.29) is 18.1 Å². The maximum Gasteiger partial charge on any atom is 0.306 e. The minimum atomic E-state index is -0.747. The Morgan fingerprint density at radius 3 is 3.06 bits per heavy atom. The molecule has 0 bridgehead atoms. The highest BCUT2D eigenvalue weighted by atomic mass is 79.9. The molecule has 0 spiro atoms. The number of halogens is 1. The molecule has 1 saturated heterocycles. The first-order valence-electron chi connectivity index (χ1n) is 5.58. The minimum absolute atomic E-state index is 0.0356. The average molecular weight is 300 g/mol. The predicted molar refractivity (Wildman–Crippen MR) is 65.6 cm³/mol. The third-order valence-electron chi connectivity index (χ3n) is 2.92. The standard InChI is InChI=1S/C12H14BrNO3/c1-7(12(15)16)5-6-9-11(17-9)8-3-2-4-10(13)14-8/h2-4,7,9,11H,5-6H2,1H3,(H,15,16). The lowest BCUT2D eigenvalue weighted by Crippen LogP contribution is -2.10. The van der Waals surface area contributed by atoms with Gasteiger partial charge in [-0.15, -0.1) is 0 Å². The Morgan fingerprint density at radius 2 is 2.41 bits per heavy atom. The Bertz CT molecular complexity index is 424. The van der Waals surface area contributed by atoms with Crippen LogP contribution in [0.15, 0.2) is 22.8 Å². The maximum atomic E-state index is 10.7. The van der Waals surface area contributed by atoms with Crippen LogP contribution >= 0.6 is 15.9 Å². The summed E-state index contributed by atoms with van der Waals surface area (Å²) >= 11 is 3.32. The molecule has 1 aliphatic rings. The molecule has 17 heavy (non-hydrogen) atoms. The Labute approximate surface area is 108 Å². The van der Waals surface area contributed by atoms with Crippen molar-refractivity contribution in [2.45, 2.75) is 32.0 Å². The van der Waals surface area contributed by atoms with E-state index in [0.29, 0.717) is 6.42 Å². The van der Waals surface area contributed by atoms with Crippen LogP contribution in [-0.2, 0) is 9.53 Å². The summed E-state index contributed by atoms with van der Waals surface area (Å²) in [6, 6.07) is 5.72. The van der Waals surface area contributed by atoms with E-state index in [1.807, 2.05) is 18.2 Å². The van der Waals surface area contributed by atoms with E-state index >= 15 is 0 Å². The van der Waals surface area contributed by atoms with Crippen molar-refractivity contribution in [3.8, 4) is 0 Å². The Morgan fingerprint density at radius 1 is 1.65 bits per heavy atom. The van der Waals surface area contributed by atoms with Gasteiger partial charge in [-0.2, -0.15) is 0 Å². The lowest BCUT2D eigenvalue weighted by Gasteiger charge is -2.03. The normalized spacial score (nSPS) is 24.4. The summed E-state index contributed by atoms with van der Waals surface area (Å²) in [7, 11) is 0. The molecular weight excluding hydrogens is 286 g/mol. The molecular formula is C12H14BrNO3. The lowest BCUT2D eigenvalue weighted by atomic mass is 10.0. The number of carboxylic acid groups (broad SMARTS) is 1. The monoisotopic (exact) mass is 299 g/mol. The summed E-state index contributed by atoms with van der Waals surface area (Å²) in [6.07, 6.45) is 1.57. The first-order valence-corrected chi connectivity index (χ1v) is 6.38. The Kier molecular flexibility index (Phi) is 3.79. The molecule has 3 unspecified atom stereocenters. The first kappa shape index (κ1) is 12.5. The van der Waals surface area contributed by atoms with Gasteiger partial charge in [-0.05, 0) is 40.9 Å². The van der Waals surface area contributed by atoms with Gasteiger partial charge < -0.3 is 9.84 Å². The molecule has 0 saturated carbocycles. The molecule has 1 N–H and O–H groups in total. The minimum Gasteiger partial charge on any atom is -0.481 e. The third kappa shape index (κ3) is 3.26. The number of rotatable bonds is 5. The number of aromatic nitrogens is 1. The number of aliphatic carboxylic acids is 1. The van der Waals surface area contributed by atoms with Gasteiger partial charge >= 0.3 is 5.97 Å². The molecule has 0 aliphatic carbocycles. The number of epoxide rings is 1. The van der Waals surface area contributed by atoms with Crippen LogP contribution in [0, 0.1) is 5.92 Å². The smallest absolute Gasteiger partial charge is 0.306 e. The number of hydrogen-bond donors (Lipinski definition) is 1. The molecule has 4 nitrogen and oxygen atoms in total. The number of hydrogen-bond acceptors (Lipinski definition) is 3. The molecule has 2 rings (SSSR count). The summed E-state index contributed by atoms with van der Waals surface area (Å²) < 4.78 is 6.31. The van der Waals surface area contributed by atoms with Crippen molar-refractivity contribution >= 4 is 21.9 Å². The Balaban J connectivity index is 1.83. The van der Waals surface area contributed by atoms with E-state index in [9.17, 15) is 4.79 Å². The van der Waals surface area contributed by atoms with Crippen molar-refractivity contribution in [3.05, 3.63) is 28.5 Å². The largest absolute Gasteiger partial charge is 0.481 e. The molecule has 0 aromatic carbocycles. The summed E-state index contributed by atoms with van der Waals surface area (Å²) in [5.41, 5.74) is 0.910. The van der Waals surface area contributed by atoms with Gasteiger partial charge in [0.25, 0.3) is 0 Å². The fraction of sp³-hybridized carbons (Fsp3) is 0.500. The predicted octanol–water partition coefficient (Wildman–Crippen LogP) is 2.78. The van der Waals surface area contributed by atoms with Gasteiger partial charge in [0, 0.05) is 0 Å². The van der Waals surface area contributed by atoms with Gasteiger partial charge in [0.05, 0.1) is 17.7 Å². The highest BCUT2D eigenvalue weighted by Crippen LogP contribution is 2.41. The summed E-state index contributed by atoms with van der Waals surface area (Å²) in [4.78, 5) is 15.0. The SMILES string of the molecule is CC(CCC1OC1c1cccc(Br)n1)C(=O)O. The van der Waals surface area contributed by atoms with Gasteiger partial charge in [-0.1, -0.05) is 13.0 Å². The van der Waals surface area contributed by atoms with Gasteiger partial charge in [-0.3, -0.25) is 4.79 Å². The summed E-state index contributed by atoms with van der Waals surface area (Å²) in [5, 5.41) is 8.78. The summed E-state index contributed by atoms with van der Waals surface area (Å²) in [6.45, 7) is 1.72. The van der Waals surface area contributed by atoms with E-state index in [4.69, 9.17) is 9.84 Å². The maximum absolute atomic E-state index is 10.7. The number of carbonyl (C=O) groups is 1. The van der Waals surface area contributed by atoms with Gasteiger partial charge in [-0.25, -0.2) is 4.98 Å². The van der Waals surface area contributed by atoms with Crippen LogP contribution in [0.2, 0.25) is 0 Å². The molecule has 3 atom stereocenters. The molecule has 0 amide bonds. The van der Waals surface area contributed by atoms with Crippen molar-refractivity contribution in [1.82, 2.24) is 4.98 Å². The second kappa shape index (κ2) is 5.14. The fourth-order valence-corrected chi connectivity index (χ4v) is 2.10. The lowest BCUT2D eigenvalue weighted by molar-refractivity contribution is -0.141. The molecule has 1 fully saturated rings. The molecule has 92 valence electrons. The molecule has 1 aromatic heterocycles. The zero-order valence-electron chi connectivity index (χ0n) is 9.47. The number of pyridine rings is 1. The van der Waals surface area contributed by atoms with Crippen LogP contribution in [-0.4, -0.2) is 22.2 Å². The van der Waals surface area contributed by atoms with E-state index in [1.165, 1.54) is 0 Å². The van der Waals surface area contributed by atoms with Gasteiger partial charge in [0.15, 0.2) is 0 Å². The summed E-state index contributed by atoms with van der Waals surface area (Å²) in [5.74, 6) is -1.06. The van der Waals surface area contributed by atoms with Crippen LogP contribution in [0.5, 0.6) is 0 Å². The van der Waals surface area contributed by atoms with Crippen molar-refractivity contribution in [2.75, 3.05) is 0 Å². The fourth-order valence-electron chi connectivity index (χ4n) is 1.74. The van der Waals surface area contributed by atoms with Crippen molar-refractivity contribution < 1.29 is 14.6 Å². The molecule has 5 heteroatoms. The first-order chi connectivity index (χ1) is 8.08. The molecule has 1 aromatic rings. The molecule has 1 aliphatic heterocycles. The quantitative estimate of drug-likeness (QED) is 0.671. The van der Waals surface area contributed by atoms with Crippen molar-refractivity contribution in [2.24, 2.45) is 5.92 Å². The number of carboxylic acids is 1. The second-order valence-corrected chi connectivity index (χ2v) is 5.11. The van der Waals surface area contributed by atoms with Crippen molar-refractivity contribution in [3.63, 3.8) is 0 Å². The molecule has 0 radical (unpaired) electrons. The second-order valence-electron chi connectivity index (χ2n) is 4.30. The average Bonchev–Trinajstić information content (AvgIpc) is 3.05. The van der Waals surface area contributed by atoms with E-state index < -0.39 is 5.97 Å². The number of nitrogens with zero attached hydrogens (tertiary/aromatic N) is 1. The van der Waals surface area contributed by atoms with Crippen LogP contribution < -0.4 is 0 Å². The number of ether oxygens (including phenoxy) is 1. The zero-order chi connectivity index (χ0) is 12.4. The van der Waals surface area contributed by atoms with Gasteiger partial charge in [0.2, 0.25) is 0 Å². The van der Waals surface area contributed by atoms with Crippen LogP contribution in [0.3, 0.4) is 0 Å². The van der Waals surface area contributed by atoms with E-state index in [0.717, 1.165) is 16.7 Å². The van der Waals surface area contributed by atoms with E-state index in [2.05, 4.69) is 20.9 Å². The molecule has 2 heterocycles. The highest BCUT2D eigenvalue weighted by Gasteiger charge is 2.41. The van der Waals surface area contributed by atoms with Crippen molar-refractivity contribution in [1.29, 1.82) is 0 Å².